The molecule has 1 aromatic heterocycles. The molecule has 0 saturated carbocycles. The van der Waals surface area contributed by atoms with Crippen LogP contribution in [0.5, 0.6) is 0 Å². The number of benzene rings is 1. The summed E-state index contributed by atoms with van der Waals surface area (Å²) in [5.41, 5.74) is 0. The van der Waals surface area contributed by atoms with Crippen LogP contribution in [0.4, 0.5) is 0 Å². The molecule has 2 saturated heterocycles. The Morgan fingerprint density at radius 1 is 1.04 bits per heavy atom. The summed E-state index contributed by atoms with van der Waals surface area (Å²) in [6, 6.07) is 12.0. The number of halogens is 1. The lowest BCUT2D eigenvalue weighted by atomic mass is 10.1. The van der Waals surface area contributed by atoms with Gasteiger partial charge in [0.05, 0.1) is 9.77 Å². The number of hydrogen-bond donors (Lipinski definition) is 1. The highest BCUT2D eigenvalue weighted by Crippen LogP contribution is 2.33. The van der Waals surface area contributed by atoms with Gasteiger partial charge >= 0.3 is 0 Å². The molecule has 3 heterocycles. The van der Waals surface area contributed by atoms with Crippen molar-refractivity contribution in [1.29, 1.82) is 0 Å². The molecule has 0 aliphatic carbocycles. The van der Waals surface area contributed by atoms with E-state index in [0.29, 0.717) is 4.88 Å². The zero-order chi connectivity index (χ0) is 17.4. The SMILES string of the molecule is Cl.O=C(c1ccc(S(=O)(=O)c2ccccc2)s1)N1C2CCNCC1CC2. The number of nitrogens with one attached hydrogen (secondary N) is 1. The number of rotatable bonds is 3. The molecule has 8 heteroatoms. The van der Waals surface area contributed by atoms with E-state index in [-0.39, 0.29) is 39.5 Å². The molecule has 2 aliphatic heterocycles. The van der Waals surface area contributed by atoms with Crippen LogP contribution in [0.3, 0.4) is 0 Å². The first-order valence-corrected chi connectivity index (χ1v) is 10.8. The van der Waals surface area contributed by atoms with Crippen molar-refractivity contribution in [3.05, 3.63) is 47.3 Å². The number of carbonyl (C=O) groups excluding carboxylic acids is 1. The zero-order valence-electron chi connectivity index (χ0n) is 14.1. The minimum Gasteiger partial charge on any atom is -0.331 e. The van der Waals surface area contributed by atoms with Gasteiger partial charge in [-0.25, -0.2) is 8.42 Å². The van der Waals surface area contributed by atoms with Crippen LogP contribution >= 0.6 is 23.7 Å². The predicted molar refractivity (Wildman–Crippen MR) is 104 cm³/mol. The summed E-state index contributed by atoms with van der Waals surface area (Å²) in [5, 5.41) is 3.38. The Hall–Kier alpha value is -1.41. The van der Waals surface area contributed by atoms with Crippen molar-refractivity contribution in [3.63, 3.8) is 0 Å². The maximum absolute atomic E-state index is 13.0. The van der Waals surface area contributed by atoms with Gasteiger partial charge in [-0.2, -0.15) is 0 Å². The van der Waals surface area contributed by atoms with E-state index in [1.807, 2.05) is 4.90 Å². The van der Waals surface area contributed by atoms with Crippen LogP contribution in [0.15, 0.2) is 51.6 Å². The Morgan fingerprint density at radius 3 is 2.54 bits per heavy atom. The third kappa shape index (κ3) is 3.41. The quantitative estimate of drug-likeness (QED) is 0.841. The summed E-state index contributed by atoms with van der Waals surface area (Å²) in [7, 11) is -3.57. The van der Waals surface area contributed by atoms with Crippen molar-refractivity contribution in [2.45, 2.75) is 40.5 Å². The van der Waals surface area contributed by atoms with Gasteiger partial charge in [0.25, 0.3) is 5.91 Å². The summed E-state index contributed by atoms with van der Waals surface area (Å²) in [5.74, 6) is -0.0317. The van der Waals surface area contributed by atoms with Crippen LogP contribution in [-0.2, 0) is 9.84 Å². The van der Waals surface area contributed by atoms with Crippen LogP contribution in [0.1, 0.15) is 28.9 Å². The third-order valence-corrected chi connectivity index (χ3v) is 8.33. The molecule has 4 rings (SSSR count). The van der Waals surface area contributed by atoms with Crippen molar-refractivity contribution in [2.75, 3.05) is 13.1 Å². The largest absolute Gasteiger partial charge is 0.331 e. The molecule has 1 aromatic carbocycles. The maximum Gasteiger partial charge on any atom is 0.264 e. The predicted octanol–water partition coefficient (Wildman–Crippen LogP) is 2.97. The van der Waals surface area contributed by atoms with E-state index in [1.165, 1.54) is 0 Å². The van der Waals surface area contributed by atoms with E-state index in [4.69, 9.17) is 0 Å². The van der Waals surface area contributed by atoms with Gasteiger partial charge < -0.3 is 10.2 Å². The normalized spacial score (nSPS) is 22.5. The first-order chi connectivity index (χ1) is 12.1. The first-order valence-electron chi connectivity index (χ1n) is 8.51. The fraction of sp³-hybridized carbons (Fsp3) is 0.389. The van der Waals surface area contributed by atoms with E-state index < -0.39 is 9.84 Å². The van der Waals surface area contributed by atoms with Gasteiger partial charge in [-0.3, -0.25) is 4.79 Å². The molecule has 2 atom stereocenters. The Morgan fingerprint density at radius 2 is 1.77 bits per heavy atom. The Balaban J connectivity index is 0.00000196. The van der Waals surface area contributed by atoms with Crippen molar-refractivity contribution >= 4 is 39.5 Å². The fourth-order valence-electron chi connectivity index (χ4n) is 3.74. The molecule has 1 amide bonds. The van der Waals surface area contributed by atoms with Gasteiger partial charge in [0.1, 0.15) is 4.21 Å². The van der Waals surface area contributed by atoms with Crippen LogP contribution in [0, 0.1) is 0 Å². The van der Waals surface area contributed by atoms with Crippen LogP contribution < -0.4 is 5.32 Å². The molecule has 5 nitrogen and oxygen atoms in total. The lowest BCUT2D eigenvalue weighted by Gasteiger charge is -2.27. The highest BCUT2D eigenvalue weighted by molar-refractivity contribution is 7.93. The highest BCUT2D eigenvalue weighted by atomic mass is 35.5. The second-order valence-corrected chi connectivity index (χ2v) is 9.79. The fourth-order valence-corrected chi connectivity index (χ4v) is 6.41. The summed E-state index contributed by atoms with van der Waals surface area (Å²) >= 11 is 1.08. The van der Waals surface area contributed by atoms with Crippen LogP contribution in [0.25, 0.3) is 0 Å². The van der Waals surface area contributed by atoms with E-state index in [0.717, 1.165) is 43.7 Å². The summed E-state index contributed by atoms with van der Waals surface area (Å²) < 4.78 is 25.7. The average Bonchev–Trinajstić information content (AvgIpc) is 3.19. The summed E-state index contributed by atoms with van der Waals surface area (Å²) in [4.78, 5) is 15.7. The second kappa shape index (κ2) is 7.68. The van der Waals surface area contributed by atoms with Crippen molar-refractivity contribution in [1.82, 2.24) is 10.2 Å². The summed E-state index contributed by atoms with van der Waals surface area (Å²) in [6.07, 6.45) is 3.02. The van der Waals surface area contributed by atoms with Gasteiger partial charge in [-0.15, -0.1) is 23.7 Å². The molecular formula is C18H21ClN2O3S2. The van der Waals surface area contributed by atoms with Gasteiger partial charge in [0, 0.05) is 18.6 Å². The molecule has 1 N–H and O–H groups in total. The zero-order valence-corrected chi connectivity index (χ0v) is 16.6. The Labute approximate surface area is 163 Å². The van der Waals surface area contributed by atoms with E-state index >= 15 is 0 Å². The summed E-state index contributed by atoms with van der Waals surface area (Å²) in [6.45, 7) is 1.76. The number of sulfone groups is 1. The molecule has 0 spiro atoms. The van der Waals surface area contributed by atoms with E-state index in [1.54, 1.807) is 42.5 Å². The molecule has 0 radical (unpaired) electrons. The molecule has 140 valence electrons. The smallest absolute Gasteiger partial charge is 0.264 e. The van der Waals surface area contributed by atoms with Gasteiger partial charge in [0.15, 0.2) is 0 Å². The van der Waals surface area contributed by atoms with Crippen molar-refractivity contribution in [3.8, 4) is 0 Å². The molecular weight excluding hydrogens is 392 g/mol. The average molecular weight is 413 g/mol. The number of carbonyl (C=O) groups is 1. The first kappa shape index (κ1) is 19.4. The lowest BCUT2D eigenvalue weighted by Crippen LogP contribution is -2.42. The maximum atomic E-state index is 13.0. The van der Waals surface area contributed by atoms with E-state index in [9.17, 15) is 13.2 Å². The number of nitrogens with zero attached hydrogens (tertiary/aromatic N) is 1. The second-order valence-electron chi connectivity index (χ2n) is 6.53. The number of fused-ring (bicyclic) bond motifs is 2. The Kier molecular flexibility index (Phi) is 5.72. The van der Waals surface area contributed by atoms with E-state index in [2.05, 4.69) is 5.32 Å². The number of hydrogen-bond acceptors (Lipinski definition) is 5. The van der Waals surface area contributed by atoms with Crippen LogP contribution in [0.2, 0.25) is 0 Å². The molecule has 2 aromatic rings. The topological polar surface area (TPSA) is 66.5 Å². The molecule has 2 unspecified atom stereocenters. The van der Waals surface area contributed by atoms with Crippen molar-refractivity contribution < 1.29 is 13.2 Å². The highest BCUT2D eigenvalue weighted by Gasteiger charge is 2.39. The number of amides is 1. The van der Waals surface area contributed by atoms with Crippen LogP contribution in [-0.4, -0.2) is 44.4 Å². The van der Waals surface area contributed by atoms with Gasteiger partial charge in [-0.1, -0.05) is 18.2 Å². The van der Waals surface area contributed by atoms with Crippen molar-refractivity contribution in [2.24, 2.45) is 0 Å². The Bertz CT molecular complexity index is 869. The van der Waals surface area contributed by atoms with Gasteiger partial charge in [0.2, 0.25) is 9.84 Å². The number of thiophene rings is 1. The monoisotopic (exact) mass is 412 g/mol. The minimum atomic E-state index is -3.57. The molecule has 2 bridgehead atoms. The third-order valence-electron chi connectivity index (χ3n) is 5.00. The molecule has 2 fully saturated rings. The minimum absolute atomic E-state index is 0. The molecule has 26 heavy (non-hydrogen) atoms. The standard InChI is InChI=1S/C18H20N2O3S2.ClH/c21-18(20-13-6-7-14(20)12-19-11-10-13)16-8-9-17(24-16)25(22,23)15-4-2-1-3-5-15;/h1-5,8-9,13-14,19H,6-7,10-12H2;1H. The lowest BCUT2D eigenvalue weighted by molar-refractivity contribution is 0.0685. The van der Waals surface area contributed by atoms with Gasteiger partial charge in [-0.05, 0) is 50.1 Å². The molecule has 2 aliphatic rings.